The second kappa shape index (κ2) is 8.35. The maximum absolute atomic E-state index is 9.97. The van der Waals surface area contributed by atoms with E-state index in [1.165, 1.54) is 33.6 Å². The molecule has 2 aromatic heterocycles. The third-order valence-corrected chi connectivity index (χ3v) is 9.09. The molecule has 1 aliphatic carbocycles. The minimum absolute atomic E-state index is 0.202. The van der Waals surface area contributed by atoms with Gasteiger partial charge in [-0.25, -0.2) is 0 Å². The predicted molar refractivity (Wildman–Crippen MR) is 152 cm³/mol. The van der Waals surface area contributed by atoms with Crippen molar-refractivity contribution in [1.82, 2.24) is 0 Å². The third-order valence-electron chi connectivity index (χ3n) is 9.09. The van der Waals surface area contributed by atoms with E-state index in [-0.39, 0.29) is 5.54 Å². The molecule has 39 heavy (non-hydrogen) atoms. The molecule has 3 unspecified atom stereocenters. The van der Waals surface area contributed by atoms with E-state index >= 15 is 0 Å². The van der Waals surface area contributed by atoms with Crippen molar-refractivity contribution in [2.75, 3.05) is 0 Å². The fourth-order valence-electron chi connectivity index (χ4n) is 7.38. The van der Waals surface area contributed by atoms with Crippen molar-refractivity contribution in [2.45, 2.75) is 30.3 Å². The van der Waals surface area contributed by atoms with Gasteiger partial charge in [0, 0.05) is 24.3 Å². The van der Waals surface area contributed by atoms with Gasteiger partial charge in [0.05, 0.1) is 29.2 Å². The van der Waals surface area contributed by atoms with Crippen molar-refractivity contribution in [3.05, 3.63) is 144 Å². The van der Waals surface area contributed by atoms with Gasteiger partial charge >= 0.3 is 0 Å². The number of hydrogen-bond acceptors (Lipinski definition) is 1. The number of allylic oxidation sites excluding steroid dienone is 2. The number of pyridine rings is 2. The summed E-state index contributed by atoms with van der Waals surface area (Å²) in [6.45, 7) is 0. The van der Waals surface area contributed by atoms with E-state index in [1.807, 2.05) is 12.1 Å². The summed E-state index contributed by atoms with van der Waals surface area (Å²) in [7, 11) is 0. The molecular weight excluding hydrogens is 474 g/mol. The van der Waals surface area contributed by atoms with Crippen LogP contribution in [0.1, 0.15) is 35.1 Å². The topological polar surface area (TPSA) is 31.5 Å². The lowest BCUT2D eigenvalue weighted by Gasteiger charge is -2.49. The molecule has 0 saturated heterocycles. The maximum Gasteiger partial charge on any atom is 0.214 e. The molecule has 5 aromatic rings. The highest BCUT2D eigenvalue weighted by molar-refractivity contribution is 5.72. The number of hydrogen-bond donors (Lipinski definition) is 0. The smallest absolute Gasteiger partial charge is 0.194 e. The van der Waals surface area contributed by atoms with E-state index < -0.39 is 0 Å². The molecule has 0 N–H and O–H groups in total. The highest BCUT2D eigenvalue weighted by Crippen LogP contribution is 2.59. The van der Waals surface area contributed by atoms with Gasteiger partial charge in [-0.2, -0.15) is 14.4 Å². The third kappa shape index (κ3) is 3.09. The quantitative estimate of drug-likeness (QED) is 0.186. The standard InChI is InChI=1S/C36H27N3/c37-24-27-12-8-15-29-28(27)16-9-19-36(39-21-18-26(22-33(29)39)25-10-2-1-3-11-25)23-34-35(36)31-14-5-4-13-30(31)32-17-6-7-20-38(32)34/h1-15,17-22,34-35H,16,23H2/q+2/b19-9+. The summed E-state index contributed by atoms with van der Waals surface area (Å²) < 4.78 is 5.01. The average Bonchev–Trinajstić information content (AvgIpc) is 2.98. The molecule has 0 bridgehead atoms. The monoisotopic (exact) mass is 501 g/mol. The van der Waals surface area contributed by atoms with Crippen LogP contribution in [-0.2, 0) is 12.0 Å². The zero-order valence-corrected chi connectivity index (χ0v) is 21.5. The summed E-state index contributed by atoms with van der Waals surface area (Å²) >= 11 is 0. The fourth-order valence-corrected chi connectivity index (χ4v) is 7.38. The van der Waals surface area contributed by atoms with Crippen molar-refractivity contribution in [3.8, 4) is 39.7 Å². The van der Waals surface area contributed by atoms with Crippen LogP contribution in [0, 0.1) is 11.3 Å². The number of nitrogens with zero attached hydrogens (tertiary/aromatic N) is 3. The Balaban J connectivity index is 1.39. The number of fused-ring (bicyclic) bond motifs is 11. The van der Waals surface area contributed by atoms with E-state index in [1.54, 1.807) is 0 Å². The SMILES string of the molecule is N#Cc1cccc2c1C/C=C/C1(CC3C1c1ccccc1-c1cccc[n+]13)[n+]1ccc(-c3ccccc3)cc1-2. The maximum atomic E-state index is 9.97. The highest BCUT2D eigenvalue weighted by Gasteiger charge is 2.68. The van der Waals surface area contributed by atoms with Crippen molar-refractivity contribution < 1.29 is 9.13 Å². The van der Waals surface area contributed by atoms with E-state index in [2.05, 4.69) is 131 Å². The first-order chi connectivity index (χ1) is 19.3. The van der Waals surface area contributed by atoms with E-state index in [0.29, 0.717) is 12.0 Å². The van der Waals surface area contributed by atoms with Crippen LogP contribution in [0.2, 0.25) is 0 Å². The van der Waals surface area contributed by atoms with Crippen LogP contribution in [0.15, 0.2) is 128 Å². The van der Waals surface area contributed by atoms with E-state index in [4.69, 9.17) is 0 Å². The zero-order valence-electron chi connectivity index (χ0n) is 21.5. The molecule has 3 aromatic carbocycles. The first-order valence-electron chi connectivity index (χ1n) is 13.7. The molecule has 3 heteroatoms. The Bertz CT molecular complexity index is 1850. The van der Waals surface area contributed by atoms with Gasteiger partial charge in [-0.15, -0.1) is 0 Å². The van der Waals surface area contributed by atoms with Gasteiger partial charge in [-0.05, 0) is 59.0 Å². The predicted octanol–water partition coefficient (Wildman–Crippen LogP) is 6.68. The summed E-state index contributed by atoms with van der Waals surface area (Å²) in [5.41, 5.74) is 10.4. The summed E-state index contributed by atoms with van der Waals surface area (Å²) in [5, 5.41) is 9.97. The molecule has 3 nitrogen and oxygen atoms in total. The lowest BCUT2D eigenvalue weighted by molar-refractivity contribution is -0.816. The number of benzene rings is 3. The first kappa shape index (κ1) is 22.2. The van der Waals surface area contributed by atoms with Crippen molar-refractivity contribution in [3.63, 3.8) is 0 Å². The molecule has 0 amide bonds. The van der Waals surface area contributed by atoms with E-state index in [9.17, 15) is 5.26 Å². The van der Waals surface area contributed by atoms with Crippen molar-refractivity contribution in [2.24, 2.45) is 0 Å². The normalized spacial score (nSPS) is 22.4. The van der Waals surface area contributed by atoms with Crippen LogP contribution in [0.4, 0.5) is 0 Å². The Morgan fingerprint density at radius 1 is 0.744 bits per heavy atom. The molecular formula is C36H27N3+2. The van der Waals surface area contributed by atoms with Crippen LogP contribution in [0.3, 0.4) is 0 Å². The van der Waals surface area contributed by atoms with Gasteiger partial charge in [0.25, 0.3) is 0 Å². The summed E-state index contributed by atoms with van der Waals surface area (Å²) in [6, 6.07) is 39.7. The molecule has 184 valence electrons. The Morgan fingerprint density at radius 3 is 2.46 bits per heavy atom. The highest BCUT2D eigenvalue weighted by atomic mass is 15.2. The minimum Gasteiger partial charge on any atom is -0.194 e. The Hall–Kier alpha value is -4.81. The average molecular weight is 502 g/mol. The molecule has 3 aliphatic rings. The second-order valence-corrected chi connectivity index (χ2v) is 10.9. The second-order valence-electron chi connectivity index (χ2n) is 10.9. The largest absolute Gasteiger partial charge is 0.214 e. The molecule has 1 fully saturated rings. The van der Waals surface area contributed by atoms with E-state index in [0.717, 1.165) is 29.5 Å². The van der Waals surface area contributed by atoms with Crippen molar-refractivity contribution in [1.29, 1.82) is 5.26 Å². The van der Waals surface area contributed by atoms with Crippen LogP contribution in [0.25, 0.3) is 33.6 Å². The van der Waals surface area contributed by atoms with Gasteiger partial charge in [-0.1, -0.05) is 60.7 Å². The van der Waals surface area contributed by atoms with Gasteiger partial charge in [-0.3, -0.25) is 0 Å². The first-order valence-corrected chi connectivity index (χ1v) is 13.7. The lowest BCUT2D eigenvalue weighted by Crippen LogP contribution is -2.73. The molecule has 3 atom stereocenters. The van der Waals surface area contributed by atoms with Crippen LogP contribution in [0.5, 0.6) is 0 Å². The zero-order chi connectivity index (χ0) is 26.0. The fraction of sp³-hybridized carbons (Fsp3) is 0.139. The molecule has 4 heterocycles. The van der Waals surface area contributed by atoms with Gasteiger partial charge in [0.2, 0.25) is 16.9 Å². The Kier molecular flexibility index (Phi) is 4.75. The van der Waals surface area contributed by atoms with Gasteiger partial charge < -0.3 is 0 Å². The number of rotatable bonds is 1. The van der Waals surface area contributed by atoms with Crippen LogP contribution >= 0.6 is 0 Å². The molecule has 2 aliphatic heterocycles. The van der Waals surface area contributed by atoms with Crippen LogP contribution < -0.4 is 9.13 Å². The molecule has 0 radical (unpaired) electrons. The Morgan fingerprint density at radius 2 is 1.56 bits per heavy atom. The lowest BCUT2D eigenvalue weighted by atomic mass is 9.56. The van der Waals surface area contributed by atoms with Gasteiger partial charge in [0.1, 0.15) is 5.92 Å². The number of nitriles is 1. The number of aromatic nitrogens is 2. The Labute approximate surface area is 228 Å². The van der Waals surface area contributed by atoms with Crippen LogP contribution in [-0.4, -0.2) is 0 Å². The summed E-state index contributed by atoms with van der Waals surface area (Å²) in [5.74, 6) is 0.303. The van der Waals surface area contributed by atoms with Crippen molar-refractivity contribution >= 4 is 0 Å². The van der Waals surface area contributed by atoms with Gasteiger partial charge in [0.15, 0.2) is 18.4 Å². The summed E-state index contributed by atoms with van der Waals surface area (Å²) in [4.78, 5) is 0. The molecule has 1 saturated carbocycles. The summed E-state index contributed by atoms with van der Waals surface area (Å²) in [6.07, 6.45) is 11.1. The molecule has 8 rings (SSSR count). The minimum atomic E-state index is -0.202. The molecule has 1 spiro atoms.